The molecule has 0 radical (unpaired) electrons. The molecule has 0 spiro atoms. The van der Waals surface area contributed by atoms with Crippen molar-refractivity contribution in [2.75, 3.05) is 0 Å². The molecule has 6 nitrogen and oxygen atoms in total. The number of ether oxygens (including phenoxy) is 2. The summed E-state index contributed by atoms with van der Waals surface area (Å²) in [5.41, 5.74) is 0.516. The highest BCUT2D eigenvalue weighted by Crippen LogP contribution is 2.28. The summed E-state index contributed by atoms with van der Waals surface area (Å²) in [7, 11) is 0. The van der Waals surface area contributed by atoms with Gasteiger partial charge in [0.25, 0.3) is 0 Å². The normalized spacial score (nSPS) is 11.2. The second-order valence-corrected chi connectivity index (χ2v) is 5.06. The van der Waals surface area contributed by atoms with Crippen molar-refractivity contribution in [3.63, 3.8) is 0 Å². The Kier molecular flexibility index (Phi) is 5.68. The number of carbonyl (C=O) groups excluding carboxylic acids is 2. The van der Waals surface area contributed by atoms with Gasteiger partial charge in [-0.1, -0.05) is 49.0 Å². The third-order valence-corrected chi connectivity index (χ3v) is 3.48. The summed E-state index contributed by atoms with van der Waals surface area (Å²) in [6.07, 6.45) is -1.16. The Morgan fingerprint density at radius 2 is 1.68 bits per heavy atom. The molecule has 0 fully saturated rings. The van der Waals surface area contributed by atoms with E-state index >= 15 is 0 Å². The lowest BCUT2D eigenvalue weighted by atomic mass is 9.92. The molecule has 2 aromatic rings. The van der Waals surface area contributed by atoms with E-state index in [-0.39, 0.29) is 22.5 Å². The first-order valence-electron chi connectivity index (χ1n) is 7.39. The van der Waals surface area contributed by atoms with Crippen molar-refractivity contribution < 1.29 is 29.0 Å². The van der Waals surface area contributed by atoms with Crippen LogP contribution in [0.15, 0.2) is 61.4 Å². The van der Waals surface area contributed by atoms with E-state index in [0.29, 0.717) is 5.56 Å². The van der Waals surface area contributed by atoms with Gasteiger partial charge in [-0.3, -0.25) is 4.79 Å². The lowest BCUT2D eigenvalue weighted by Gasteiger charge is -2.18. The summed E-state index contributed by atoms with van der Waals surface area (Å²) in [6, 6.07) is 12.7. The van der Waals surface area contributed by atoms with Crippen molar-refractivity contribution in [1.29, 1.82) is 0 Å². The lowest BCUT2D eigenvalue weighted by Crippen LogP contribution is -2.17. The fourth-order valence-electron chi connectivity index (χ4n) is 2.43. The minimum atomic E-state index is -1.23. The average Bonchev–Trinajstić information content (AvgIpc) is 2.61. The number of benzene rings is 2. The molecule has 0 bridgehead atoms. The van der Waals surface area contributed by atoms with Gasteiger partial charge in [-0.2, -0.15) is 0 Å². The molecule has 128 valence electrons. The van der Waals surface area contributed by atoms with Crippen LogP contribution in [0.5, 0.6) is 0 Å². The molecule has 0 aliphatic rings. The van der Waals surface area contributed by atoms with Crippen molar-refractivity contribution in [2.45, 2.75) is 13.0 Å². The van der Waals surface area contributed by atoms with Crippen LogP contribution in [0.4, 0.5) is 4.79 Å². The highest BCUT2D eigenvalue weighted by Gasteiger charge is 2.26. The Hall–Kier alpha value is -3.41. The third-order valence-electron chi connectivity index (χ3n) is 3.48. The maximum absolute atomic E-state index is 12.8. The Bertz CT molecular complexity index is 810. The van der Waals surface area contributed by atoms with Crippen molar-refractivity contribution in [2.24, 2.45) is 0 Å². The van der Waals surface area contributed by atoms with Crippen LogP contribution in [-0.4, -0.2) is 23.0 Å². The zero-order valence-electron chi connectivity index (χ0n) is 13.5. The van der Waals surface area contributed by atoms with Gasteiger partial charge in [0.1, 0.15) is 6.10 Å². The maximum Gasteiger partial charge on any atom is 0.513 e. The Morgan fingerprint density at radius 3 is 2.28 bits per heavy atom. The van der Waals surface area contributed by atoms with Crippen LogP contribution in [0.2, 0.25) is 0 Å². The predicted octanol–water partition coefficient (Wildman–Crippen LogP) is 3.97. The van der Waals surface area contributed by atoms with Crippen molar-refractivity contribution in [3.8, 4) is 0 Å². The number of carbonyl (C=O) groups is 3. The van der Waals surface area contributed by atoms with Gasteiger partial charge < -0.3 is 14.6 Å². The number of aromatic carboxylic acids is 1. The highest BCUT2D eigenvalue weighted by atomic mass is 16.7. The van der Waals surface area contributed by atoms with Gasteiger partial charge in [0.2, 0.25) is 0 Å². The highest BCUT2D eigenvalue weighted by molar-refractivity contribution is 6.11. The smallest absolute Gasteiger partial charge is 0.478 e. The van der Waals surface area contributed by atoms with Crippen molar-refractivity contribution in [1.82, 2.24) is 0 Å². The first kappa shape index (κ1) is 17.9. The molecule has 0 amide bonds. The van der Waals surface area contributed by atoms with E-state index in [4.69, 9.17) is 4.74 Å². The summed E-state index contributed by atoms with van der Waals surface area (Å²) in [4.78, 5) is 35.8. The molecule has 6 heteroatoms. The molecule has 0 aliphatic carbocycles. The van der Waals surface area contributed by atoms with Gasteiger partial charge in [0.05, 0.1) is 11.8 Å². The number of ketones is 1. The molecular formula is C19H16O6. The minimum Gasteiger partial charge on any atom is -0.478 e. The van der Waals surface area contributed by atoms with Crippen LogP contribution >= 0.6 is 0 Å². The molecule has 0 heterocycles. The van der Waals surface area contributed by atoms with Gasteiger partial charge in [0.15, 0.2) is 5.78 Å². The van der Waals surface area contributed by atoms with Crippen LogP contribution in [0.25, 0.3) is 0 Å². The summed E-state index contributed by atoms with van der Waals surface area (Å²) >= 11 is 0. The quantitative estimate of drug-likeness (QED) is 0.486. The summed E-state index contributed by atoms with van der Waals surface area (Å²) in [5.74, 6) is -1.60. The van der Waals surface area contributed by atoms with Gasteiger partial charge >= 0.3 is 12.1 Å². The number of rotatable bonds is 6. The molecule has 2 aromatic carbocycles. The van der Waals surface area contributed by atoms with E-state index in [2.05, 4.69) is 11.3 Å². The standard InChI is InChI=1S/C19H16O6/c1-3-24-19(23)25-12(2)16-14(10-7-11-15(16)18(21)22)17(20)13-8-5-4-6-9-13/h3-12H,1H2,2H3,(H,21,22). The lowest BCUT2D eigenvalue weighted by molar-refractivity contribution is 0.0505. The van der Waals surface area contributed by atoms with Gasteiger partial charge in [-0.15, -0.1) is 0 Å². The number of carboxylic acids is 1. The monoisotopic (exact) mass is 340 g/mol. The van der Waals surface area contributed by atoms with Crippen LogP contribution < -0.4 is 0 Å². The second-order valence-electron chi connectivity index (χ2n) is 5.06. The van der Waals surface area contributed by atoms with Gasteiger partial charge in [-0.25, -0.2) is 9.59 Å². The molecule has 0 aliphatic heterocycles. The van der Waals surface area contributed by atoms with E-state index in [1.54, 1.807) is 30.3 Å². The topological polar surface area (TPSA) is 89.9 Å². The molecule has 2 rings (SSSR count). The van der Waals surface area contributed by atoms with E-state index in [0.717, 1.165) is 6.26 Å². The second kappa shape index (κ2) is 7.92. The zero-order valence-corrected chi connectivity index (χ0v) is 13.5. The molecule has 1 N–H and O–H groups in total. The van der Waals surface area contributed by atoms with E-state index < -0.39 is 18.2 Å². The Balaban J connectivity index is 2.51. The largest absolute Gasteiger partial charge is 0.513 e. The molecule has 0 saturated carbocycles. The van der Waals surface area contributed by atoms with Crippen molar-refractivity contribution in [3.05, 3.63) is 83.6 Å². The molecule has 1 atom stereocenters. The molecule has 1 unspecified atom stereocenters. The van der Waals surface area contributed by atoms with Crippen molar-refractivity contribution >= 4 is 17.9 Å². The molecule has 0 aromatic heterocycles. The van der Waals surface area contributed by atoms with E-state index in [1.807, 2.05) is 0 Å². The van der Waals surface area contributed by atoms with Crippen LogP contribution in [0, 0.1) is 0 Å². The van der Waals surface area contributed by atoms with Gasteiger partial charge in [-0.05, 0) is 13.0 Å². The summed E-state index contributed by atoms with van der Waals surface area (Å²) in [6.45, 7) is 4.71. The van der Waals surface area contributed by atoms with Crippen LogP contribution in [-0.2, 0) is 9.47 Å². The fraction of sp³-hybridized carbons (Fsp3) is 0.105. The minimum absolute atomic E-state index is 0.102. The Morgan fingerprint density at radius 1 is 1.04 bits per heavy atom. The predicted molar refractivity (Wildman–Crippen MR) is 89.5 cm³/mol. The first-order valence-corrected chi connectivity index (χ1v) is 7.39. The number of hydrogen-bond donors (Lipinski definition) is 1. The van der Waals surface area contributed by atoms with Gasteiger partial charge in [0, 0.05) is 16.7 Å². The SMILES string of the molecule is C=COC(=O)OC(C)c1c(C(=O)O)cccc1C(=O)c1ccccc1. The average molecular weight is 340 g/mol. The fourth-order valence-corrected chi connectivity index (χ4v) is 2.43. The molecule has 0 saturated heterocycles. The molecule has 25 heavy (non-hydrogen) atoms. The first-order chi connectivity index (χ1) is 12.0. The number of hydrogen-bond acceptors (Lipinski definition) is 5. The van der Waals surface area contributed by atoms with E-state index in [9.17, 15) is 19.5 Å². The van der Waals surface area contributed by atoms with Crippen LogP contribution in [0.3, 0.4) is 0 Å². The van der Waals surface area contributed by atoms with E-state index in [1.165, 1.54) is 25.1 Å². The summed E-state index contributed by atoms with van der Waals surface area (Å²) in [5, 5.41) is 9.43. The number of carboxylic acid groups (broad SMARTS) is 1. The summed E-state index contributed by atoms with van der Waals surface area (Å²) < 4.78 is 9.54. The Labute approximate surface area is 144 Å². The zero-order chi connectivity index (χ0) is 18.4. The maximum atomic E-state index is 12.8. The third kappa shape index (κ3) is 4.11. The molecular weight excluding hydrogens is 324 g/mol. The van der Waals surface area contributed by atoms with Crippen LogP contribution in [0.1, 0.15) is 44.9 Å².